The molecule has 1 heterocycles. The molecular formula is C19H18ClN3O2. The third kappa shape index (κ3) is 3.88. The number of aromatic nitrogens is 2. The number of hydrogen-bond donors (Lipinski definition) is 1. The van der Waals surface area contributed by atoms with Crippen molar-refractivity contribution in [2.24, 2.45) is 0 Å². The summed E-state index contributed by atoms with van der Waals surface area (Å²) in [6, 6.07) is 14.4. The van der Waals surface area contributed by atoms with E-state index >= 15 is 0 Å². The molecule has 5 nitrogen and oxygen atoms in total. The van der Waals surface area contributed by atoms with E-state index in [9.17, 15) is 9.59 Å². The minimum atomic E-state index is -0.201. The van der Waals surface area contributed by atoms with Gasteiger partial charge in [0, 0.05) is 18.0 Å². The second-order valence-corrected chi connectivity index (χ2v) is 6.23. The largest absolute Gasteiger partial charge is 0.349 e. The predicted octanol–water partition coefficient (Wildman–Crippen LogP) is 3.32. The van der Waals surface area contributed by atoms with E-state index in [-0.39, 0.29) is 30.5 Å². The Bertz CT molecular complexity index is 968. The van der Waals surface area contributed by atoms with Gasteiger partial charge in [-0.05, 0) is 30.7 Å². The number of nitrogens with one attached hydrogen (secondary N) is 1. The molecule has 1 N–H and O–H groups in total. The second-order valence-electron chi connectivity index (χ2n) is 5.82. The average molecular weight is 356 g/mol. The van der Waals surface area contributed by atoms with Crippen LogP contribution in [-0.2, 0) is 11.3 Å². The molecule has 0 unspecified atom stereocenters. The maximum atomic E-state index is 12.4. The average Bonchev–Trinajstić information content (AvgIpc) is 2.61. The Kier molecular flexibility index (Phi) is 5.14. The fraction of sp³-hybridized carbons (Fsp3) is 0.211. The summed E-state index contributed by atoms with van der Waals surface area (Å²) < 4.78 is 1.46. The van der Waals surface area contributed by atoms with Crippen molar-refractivity contribution in [3.8, 4) is 0 Å². The number of para-hydroxylation sites is 1. The highest BCUT2D eigenvalue weighted by atomic mass is 35.5. The monoisotopic (exact) mass is 355 g/mol. The van der Waals surface area contributed by atoms with Crippen LogP contribution in [0.2, 0.25) is 5.02 Å². The first-order valence-corrected chi connectivity index (χ1v) is 8.42. The van der Waals surface area contributed by atoms with Crippen molar-refractivity contribution in [3.05, 3.63) is 75.8 Å². The first kappa shape index (κ1) is 17.2. The van der Waals surface area contributed by atoms with Crippen molar-refractivity contribution in [1.29, 1.82) is 0 Å². The molecule has 128 valence electrons. The minimum absolute atomic E-state index is 0.141. The molecule has 3 rings (SSSR count). The number of nitrogens with zero attached hydrogens (tertiary/aromatic N) is 2. The van der Waals surface area contributed by atoms with Gasteiger partial charge in [0.2, 0.25) is 5.91 Å². The quantitative estimate of drug-likeness (QED) is 0.763. The van der Waals surface area contributed by atoms with Gasteiger partial charge >= 0.3 is 0 Å². The van der Waals surface area contributed by atoms with Crippen molar-refractivity contribution in [2.45, 2.75) is 25.9 Å². The molecule has 0 fully saturated rings. The molecular weight excluding hydrogens is 338 g/mol. The maximum absolute atomic E-state index is 12.4. The zero-order valence-corrected chi connectivity index (χ0v) is 14.5. The van der Waals surface area contributed by atoms with E-state index in [0.717, 1.165) is 5.56 Å². The van der Waals surface area contributed by atoms with E-state index in [2.05, 4.69) is 10.3 Å². The number of carbonyl (C=O) groups excluding carboxylic acids is 1. The van der Waals surface area contributed by atoms with Crippen LogP contribution in [0.25, 0.3) is 10.9 Å². The van der Waals surface area contributed by atoms with Crippen molar-refractivity contribution >= 4 is 28.4 Å². The molecule has 0 radical (unpaired) electrons. The Morgan fingerprint density at radius 2 is 1.92 bits per heavy atom. The fourth-order valence-electron chi connectivity index (χ4n) is 2.71. The number of fused-ring (bicyclic) bond motifs is 1. The van der Waals surface area contributed by atoms with E-state index < -0.39 is 0 Å². The number of amides is 1. The van der Waals surface area contributed by atoms with Gasteiger partial charge in [-0.2, -0.15) is 0 Å². The Hall–Kier alpha value is -2.66. The molecule has 25 heavy (non-hydrogen) atoms. The molecule has 0 aliphatic rings. The van der Waals surface area contributed by atoms with Gasteiger partial charge in [0.25, 0.3) is 5.56 Å². The molecule has 0 aliphatic heterocycles. The summed E-state index contributed by atoms with van der Waals surface area (Å²) in [4.78, 5) is 28.9. The van der Waals surface area contributed by atoms with Gasteiger partial charge in [-0.15, -0.1) is 0 Å². The van der Waals surface area contributed by atoms with Gasteiger partial charge < -0.3 is 5.32 Å². The number of halogens is 1. The number of benzene rings is 2. The summed E-state index contributed by atoms with van der Waals surface area (Å²) in [5.74, 6) is -0.146. The topological polar surface area (TPSA) is 64.0 Å². The van der Waals surface area contributed by atoms with E-state index in [1.807, 2.05) is 31.2 Å². The Morgan fingerprint density at radius 3 is 2.72 bits per heavy atom. The zero-order chi connectivity index (χ0) is 17.8. The van der Waals surface area contributed by atoms with Gasteiger partial charge in [-0.25, -0.2) is 4.98 Å². The van der Waals surface area contributed by atoms with Crippen LogP contribution in [0.4, 0.5) is 0 Å². The highest BCUT2D eigenvalue weighted by Gasteiger charge is 2.12. The normalized spacial score (nSPS) is 12.1. The van der Waals surface area contributed by atoms with Crippen LogP contribution >= 0.6 is 11.6 Å². The number of hydrogen-bond acceptors (Lipinski definition) is 3. The summed E-state index contributed by atoms with van der Waals surface area (Å²) in [6.07, 6.45) is 1.67. The van der Waals surface area contributed by atoms with Crippen LogP contribution in [0.15, 0.2) is 59.7 Å². The third-order valence-electron chi connectivity index (χ3n) is 4.06. The first-order valence-electron chi connectivity index (χ1n) is 8.04. The maximum Gasteiger partial charge on any atom is 0.261 e. The summed E-state index contributed by atoms with van der Waals surface area (Å²) in [5, 5.41) is 4.07. The molecule has 6 heteroatoms. The highest BCUT2D eigenvalue weighted by Crippen LogP contribution is 2.22. The second kappa shape index (κ2) is 7.49. The summed E-state index contributed by atoms with van der Waals surface area (Å²) in [5.41, 5.74) is 1.38. The van der Waals surface area contributed by atoms with Crippen LogP contribution < -0.4 is 10.9 Å². The van der Waals surface area contributed by atoms with Gasteiger partial charge in [-0.3, -0.25) is 14.2 Å². The lowest BCUT2D eigenvalue weighted by Crippen LogP contribution is -2.29. The Labute approximate surface area is 150 Å². The smallest absolute Gasteiger partial charge is 0.261 e. The van der Waals surface area contributed by atoms with Crippen molar-refractivity contribution < 1.29 is 4.79 Å². The van der Waals surface area contributed by atoms with Gasteiger partial charge in [-0.1, -0.05) is 41.9 Å². The summed E-state index contributed by atoms with van der Waals surface area (Å²) >= 11 is 6.15. The molecule has 2 aromatic carbocycles. The van der Waals surface area contributed by atoms with E-state index in [1.54, 1.807) is 24.3 Å². The zero-order valence-electron chi connectivity index (χ0n) is 13.8. The number of aryl methyl sites for hydroxylation is 1. The molecule has 0 aliphatic carbocycles. The van der Waals surface area contributed by atoms with Crippen molar-refractivity contribution in [3.63, 3.8) is 0 Å². The molecule has 0 bridgehead atoms. The molecule has 1 aromatic heterocycles. The van der Waals surface area contributed by atoms with Crippen LogP contribution in [0.3, 0.4) is 0 Å². The first-order chi connectivity index (χ1) is 12.1. The molecule has 1 amide bonds. The van der Waals surface area contributed by atoms with Gasteiger partial charge in [0.1, 0.15) is 0 Å². The van der Waals surface area contributed by atoms with Crippen molar-refractivity contribution in [2.75, 3.05) is 0 Å². The molecule has 3 aromatic rings. The summed E-state index contributed by atoms with van der Waals surface area (Å²) in [6.45, 7) is 2.15. The van der Waals surface area contributed by atoms with E-state index in [1.165, 1.54) is 10.9 Å². The Morgan fingerprint density at radius 1 is 1.20 bits per heavy atom. The van der Waals surface area contributed by atoms with Crippen LogP contribution in [0.1, 0.15) is 24.9 Å². The lowest BCUT2D eigenvalue weighted by molar-refractivity contribution is -0.121. The molecule has 0 saturated heterocycles. The number of carbonyl (C=O) groups is 1. The third-order valence-corrected chi connectivity index (χ3v) is 4.40. The standard InChI is InChI=1S/C19H18ClN3O2/c1-13(14-6-2-4-8-16(14)20)22-18(24)10-11-23-12-21-17-9-5-3-7-15(17)19(23)25/h2-9,12-13H,10-11H2,1H3,(H,22,24)/t13-/m0/s1. The summed E-state index contributed by atoms with van der Waals surface area (Å²) in [7, 11) is 0. The van der Waals surface area contributed by atoms with Crippen molar-refractivity contribution in [1.82, 2.24) is 14.9 Å². The fourth-order valence-corrected chi connectivity index (χ4v) is 3.00. The highest BCUT2D eigenvalue weighted by molar-refractivity contribution is 6.31. The van der Waals surface area contributed by atoms with Crippen LogP contribution in [0.5, 0.6) is 0 Å². The van der Waals surface area contributed by atoms with E-state index in [4.69, 9.17) is 11.6 Å². The predicted molar refractivity (Wildman–Crippen MR) is 98.6 cm³/mol. The molecule has 1 atom stereocenters. The lowest BCUT2D eigenvalue weighted by atomic mass is 10.1. The molecule has 0 saturated carbocycles. The molecule has 0 spiro atoms. The van der Waals surface area contributed by atoms with E-state index in [0.29, 0.717) is 15.9 Å². The van der Waals surface area contributed by atoms with Gasteiger partial charge in [0.15, 0.2) is 0 Å². The Balaban J connectivity index is 1.66. The van der Waals surface area contributed by atoms with Gasteiger partial charge in [0.05, 0.1) is 23.3 Å². The minimum Gasteiger partial charge on any atom is -0.349 e. The SMILES string of the molecule is C[C@H](NC(=O)CCn1cnc2ccccc2c1=O)c1ccccc1Cl. The lowest BCUT2D eigenvalue weighted by Gasteiger charge is -2.16. The van der Waals surface area contributed by atoms with Crippen LogP contribution in [-0.4, -0.2) is 15.5 Å². The number of rotatable bonds is 5. The van der Waals surface area contributed by atoms with Crippen LogP contribution in [0, 0.1) is 0 Å².